The van der Waals surface area contributed by atoms with Gasteiger partial charge in [0, 0.05) is 5.56 Å². The average molecular weight is 225 g/mol. The van der Waals surface area contributed by atoms with Crippen molar-refractivity contribution in [3.63, 3.8) is 0 Å². The molecule has 0 aliphatic rings. The summed E-state index contributed by atoms with van der Waals surface area (Å²) in [6.07, 6.45) is 0. The number of aromatic nitrogens is 2. The van der Waals surface area contributed by atoms with E-state index >= 15 is 0 Å². The molecule has 0 bridgehead atoms. The lowest BCUT2D eigenvalue weighted by molar-refractivity contribution is 1.31. The molecule has 2 nitrogen and oxygen atoms in total. The third-order valence-corrected chi connectivity index (χ3v) is 2.90. The molecule has 2 aromatic rings. The molecular formula is C10H9ClN2S. The summed E-state index contributed by atoms with van der Waals surface area (Å²) >= 11 is 7.01. The molecule has 0 unspecified atom stereocenters. The van der Waals surface area contributed by atoms with Gasteiger partial charge in [-0.3, -0.25) is 0 Å². The third kappa shape index (κ3) is 1.94. The second-order valence-electron chi connectivity index (χ2n) is 3.24. The van der Waals surface area contributed by atoms with Crippen molar-refractivity contribution in [3.05, 3.63) is 34.6 Å². The van der Waals surface area contributed by atoms with Gasteiger partial charge in [-0.1, -0.05) is 17.2 Å². The highest BCUT2D eigenvalue weighted by atomic mass is 35.5. The molecule has 0 saturated carbocycles. The fourth-order valence-electron chi connectivity index (χ4n) is 1.42. The molecule has 2 rings (SSSR count). The van der Waals surface area contributed by atoms with E-state index in [-0.39, 0.29) is 0 Å². The molecule has 0 fully saturated rings. The lowest BCUT2D eigenvalue weighted by Crippen LogP contribution is -1.81. The van der Waals surface area contributed by atoms with Gasteiger partial charge in [0.1, 0.15) is 5.01 Å². The Morgan fingerprint density at radius 3 is 2.29 bits per heavy atom. The van der Waals surface area contributed by atoms with Gasteiger partial charge in [-0.25, -0.2) is 4.98 Å². The Balaban J connectivity index is 2.51. The monoisotopic (exact) mass is 224 g/mol. The van der Waals surface area contributed by atoms with E-state index in [1.165, 1.54) is 22.7 Å². The minimum atomic E-state index is 0.323. The van der Waals surface area contributed by atoms with Gasteiger partial charge in [-0.05, 0) is 49.1 Å². The predicted octanol–water partition coefficient (Wildman–Crippen LogP) is 3.48. The van der Waals surface area contributed by atoms with Gasteiger partial charge in [0.05, 0.1) is 0 Å². The highest BCUT2D eigenvalue weighted by Gasteiger charge is 2.05. The van der Waals surface area contributed by atoms with E-state index in [4.69, 9.17) is 11.6 Å². The number of hydrogen-bond acceptors (Lipinski definition) is 3. The number of rotatable bonds is 1. The van der Waals surface area contributed by atoms with E-state index in [1.54, 1.807) is 0 Å². The maximum atomic E-state index is 5.68. The fraction of sp³-hybridized carbons (Fsp3) is 0.200. The molecule has 4 heteroatoms. The maximum absolute atomic E-state index is 5.68. The number of nitrogens with zero attached hydrogens (tertiary/aromatic N) is 2. The van der Waals surface area contributed by atoms with Gasteiger partial charge >= 0.3 is 0 Å². The van der Waals surface area contributed by atoms with E-state index in [1.807, 2.05) is 0 Å². The topological polar surface area (TPSA) is 25.8 Å². The van der Waals surface area contributed by atoms with Gasteiger partial charge in [0.15, 0.2) is 0 Å². The standard InChI is InChI=1S/C10H9ClN2S/c1-6-3-7(2)5-8(4-6)9-12-10(11)13-14-9/h3-5H,1-2H3. The second-order valence-corrected chi connectivity index (χ2v) is 4.33. The van der Waals surface area contributed by atoms with Crippen molar-refractivity contribution in [2.75, 3.05) is 0 Å². The Bertz CT molecular complexity index is 445. The van der Waals surface area contributed by atoms with Gasteiger partial charge in [-0.15, -0.1) is 0 Å². The van der Waals surface area contributed by atoms with Gasteiger partial charge in [-0.2, -0.15) is 4.37 Å². The quantitative estimate of drug-likeness (QED) is 0.741. The summed E-state index contributed by atoms with van der Waals surface area (Å²) in [5, 5.41) is 1.20. The van der Waals surface area contributed by atoms with E-state index in [0.29, 0.717) is 5.28 Å². The van der Waals surface area contributed by atoms with Crippen molar-refractivity contribution in [1.29, 1.82) is 0 Å². The molecule has 1 aromatic heterocycles. The van der Waals surface area contributed by atoms with E-state index in [0.717, 1.165) is 10.6 Å². The Kier molecular flexibility index (Phi) is 2.52. The Labute approximate surface area is 91.7 Å². The van der Waals surface area contributed by atoms with Gasteiger partial charge < -0.3 is 0 Å². The molecule has 1 aromatic carbocycles. The number of halogens is 1. The molecule has 0 aliphatic heterocycles. The summed E-state index contributed by atoms with van der Waals surface area (Å²) in [7, 11) is 0. The number of benzene rings is 1. The van der Waals surface area contributed by atoms with Crippen LogP contribution in [0.1, 0.15) is 11.1 Å². The summed E-state index contributed by atoms with van der Waals surface area (Å²) in [5.74, 6) is 0. The molecule has 0 spiro atoms. The SMILES string of the molecule is Cc1cc(C)cc(-c2nc(Cl)ns2)c1. The first-order chi connectivity index (χ1) is 6.65. The summed E-state index contributed by atoms with van der Waals surface area (Å²) in [5.41, 5.74) is 3.55. The van der Waals surface area contributed by atoms with Crippen LogP contribution in [0.4, 0.5) is 0 Å². The molecule has 0 N–H and O–H groups in total. The summed E-state index contributed by atoms with van der Waals surface area (Å²) in [6, 6.07) is 6.31. The zero-order chi connectivity index (χ0) is 10.1. The smallest absolute Gasteiger partial charge is 0.205 e. The Hall–Kier alpha value is -0.930. The van der Waals surface area contributed by atoms with E-state index < -0.39 is 0 Å². The van der Waals surface area contributed by atoms with Crippen molar-refractivity contribution in [2.45, 2.75) is 13.8 Å². The zero-order valence-electron chi connectivity index (χ0n) is 7.91. The normalized spacial score (nSPS) is 10.5. The summed E-state index contributed by atoms with van der Waals surface area (Å²) in [6.45, 7) is 4.14. The van der Waals surface area contributed by atoms with E-state index in [2.05, 4.69) is 41.4 Å². The van der Waals surface area contributed by atoms with Crippen molar-refractivity contribution < 1.29 is 0 Å². The Morgan fingerprint density at radius 2 is 1.79 bits per heavy atom. The minimum Gasteiger partial charge on any atom is -0.205 e. The maximum Gasteiger partial charge on any atom is 0.234 e. The van der Waals surface area contributed by atoms with Gasteiger partial charge in [0.25, 0.3) is 0 Å². The van der Waals surface area contributed by atoms with Crippen LogP contribution in [-0.4, -0.2) is 9.36 Å². The van der Waals surface area contributed by atoms with Gasteiger partial charge in [0.2, 0.25) is 5.28 Å². The largest absolute Gasteiger partial charge is 0.234 e. The molecule has 0 aliphatic carbocycles. The third-order valence-electron chi connectivity index (χ3n) is 1.87. The first kappa shape index (κ1) is 9.62. The van der Waals surface area contributed by atoms with Crippen LogP contribution in [0.25, 0.3) is 10.6 Å². The van der Waals surface area contributed by atoms with Crippen molar-refractivity contribution in [1.82, 2.24) is 9.36 Å². The van der Waals surface area contributed by atoms with Crippen LogP contribution in [0, 0.1) is 13.8 Å². The lowest BCUT2D eigenvalue weighted by Gasteiger charge is -2.00. The van der Waals surface area contributed by atoms with Crippen LogP contribution >= 0.6 is 23.1 Å². The highest BCUT2D eigenvalue weighted by Crippen LogP contribution is 2.24. The molecule has 72 valence electrons. The van der Waals surface area contributed by atoms with Crippen molar-refractivity contribution in [2.24, 2.45) is 0 Å². The Morgan fingerprint density at radius 1 is 1.14 bits per heavy atom. The molecule has 0 atom stereocenters. The molecule has 0 saturated heterocycles. The molecule has 14 heavy (non-hydrogen) atoms. The molecular weight excluding hydrogens is 216 g/mol. The first-order valence-corrected chi connectivity index (χ1v) is 5.38. The van der Waals surface area contributed by atoms with Crippen LogP contribution in [-0.2, 0) is 0 Å². The van der Waals surface area contributed by atoms with Crippen LogP contribution < -0.4 is 0 Å². The van der Waals surface area contributed by atoms with Crippen LogP contribution in [0.5, 0.6) is 0 Å². The van der Waals surface area contributed by atoms with Crippen LogP contribution in [0.3, 0.4) is 0 Å². The molecule has 0 amide bonds. The lowest BCUT2D eigenvalue weighted by atomic mass is 10.1. The number of hydrogen-bond donors (Lipinski definition) is 0. The zero-order valence-corrected chi connectivity index (χ0v) is 9.49. The summed E-state index contributed by atoms with van der Waals surface area (Å²) < 4.78 is 3.95. The second kappa shape index (κ2) is 3.67. The highest BCUT2D eigenvalue weighted by molar-refractivity contribution is 7.09. The summed E-state index contributed by atoms with van der Waals surface area (Å²) in [4.78, 5) is 4.14. The molecule has 0 radical (unpaired) electrons. The molecule has 1 heterocycles. The van der Waals surface area contributed by atoms with Crippen LogP contribution in [0.2, 0.25) is 5.28 Å². The minimum absolute atomic E-state index is 0.323. The average Bonchev–Trinajstić information content (AvgIpc) is 2.50. The van der Waals surface area contributed by atoms with Crippen molar-refractivity contribution >= 4 is 23.1 Å². The van der Waals surface area contributed by atoms with E-state index in [9.17, 15) is 0 Å². The predicted molar refractivity (Wildman–Crippen MR) is 59.8 cm³/mol. The number of aryl methyl sites for hydroxylation is 2. The van der Waals surface area contributed by atoms with Crippen molar-refractivity contribution in [3.8, 4) is 10.6 Å². The first-order valence-electron chi connectivity index (χ1n) is 4.23. The fourth-order valence-corrected chi connectivity index (χ4v) is 2.21. The van der Waals surface area contributed by atoms with Crippen LogP contribution in [0.15, 0.2) is 18.2 Å².